The van der Waals surface area contributed by atoms with E-state index >= 15 is 0 Å². The van der Waals surface area contributed by atoms with Gasteiger partial charge in [0.05, 0.1) is 25.3 Å². The Bertz CT molecular complexity index is 1550. The summed E-state index contributed by atoms with van der Waals surface area (Å²) in [7, 11) is 1.26. The summed E-state index contributed by atoms with van der Waals surface area (Å²) in [5.41, 5.74) is 1.27. The Hall–Kier alpha value is -4.73. The van der Waals surface area contributed by atoms with Crippen molar-refractivity contribution in [3.8, 4) is 11.5 Å². The molecule has 2 aromatic carbocycles. The van der Waals surface area contributed by atoms with Gasteiger partial charge >= 0.3 is 17.3 Å². The van der Waals surface area contributed by atoms with Gasteiger partial charge < -0.3 is 9.47 Å². The third kappa shape index (κ3) is 6.29. The average Bonchev–Trinajstić information content (AvgIpc) is 2.91. The number of pyridine rings is 1. The quantitative estimate of drug-likeness (QED) is 0.371. The molecule has 0 aliphatic heterocycles. The molecule has 10 heteroatoms. The molecule has 0 aliphatic carbocycles. The first-order valence-corrected chi connectivity index (χ1v) is 11.6. The first kappa shape index (κ1) is 25.4. The smallest absolute Gasteiger partial charge is 0.335 e. The molecule has 0 spiro atoms. The summed E-state index contributed by atoms with van der Waals surface area (Å²) < 4.78 is 12.9. The Morgan fingerprint density at radius 1 is 0.973 bits per heavy atom. The highest BCUT2D eigenvalue weighted by molar-refractivity contribution is 5.71. The maximum Gasteiger partial charge on any atom is 0.335 e. The van der Waals surface area contributed by atoms with Crippen LogP contribution in [0.15, 0.2) is 87.6 Å². The molecule has 0 amide bonds. The van der Waals surface area contributed by atoms with Crippen LogP contribution in [0.25, 0.3) is 0 Å². The van der Waals surface area contributed by atoms with E-state index in [9.17, 15) is 14.4 Å². The molecular formula is C27H27N5O5. The number of carbonyl (C=O) groups is 1. The first-order chi connectivity index (χ1) is 17.8. The van der Waals surface area contributed by atoms with E-state index in [1.54, 1.807) is 55.7 Å². The molecule has 10 nitrogen and oxygen atoms in total. The van der Waals surface area contributed by atoms with Crippen LogP contribution in [0.5, 0.6) is 11.5 Å². The third-order valence-electron chi connectivity index (χ3n) is 5.66. The van der Waals surface area contributed by atoms with E-state index < -0.39 is 23.3 Å². The number of benzene rings is 2. The summed E-state index contributed by atoms with van der Waals surface area (Å²) in [6, 6.07) is 18.1. The van der Waals surface area contributed by atoms with Crippen molar-refractivity contribution in [3.05, 3.63) is 111 Å². The van der Waals surface area contributed by atoms with Gasteiger partial charge in [-0.3, -0.25) is 19.3 Å². The highest BCUT2D eigenvalue weighted by Crippen LogP contribution is 2.23. The van der Waals surface area contributed by atoms with Gasteiger partial charge in [0.25, 0.3) is 0 Å². The van der Waals surface area contributed by atoms with Crippen LogP contribution in [-0.4, -0.2) is 32.2 Å². The fourth-order valence-electron chi connectivity index (χ4n) is 3.62. The average molecular weight is 502 g/mol. The van der Waals surface area contributed by atoms with Gasteiger partial charge in [0.1, 0.15) is 11.5 Å². The van der Waals surface area contributed by atoms with Gasteiger partial charge in [0.15, 0.2) is 0 Å². The number of carbonyl (C=O) groups excluding carboxylic acids is 1. The Morgan fingerprint density at radius 3 is 2.27 bits per heavy atom. The number of ether oxygens (including phenoxy) is 2. The van der Waals surface area contributed by atoms with Crippen molar-refractivity contribution in [1.29, 1.82) is 0 Å². The van der Waals surface area contributed by atoms with Crippen molar-refractivity contribution in [3.63, 3.8) is 0 Å². The van der Waals surface area contributed by atoms with Crippen molar-refractivity contribution >= 4 is 11.7 Å². The molecule has 37 heavy (non-hydrogen) atoms. The summed E-state index contributed by atoms with van der Waals surface area (Å²) in [6.07, 6.45) is 3.27. The maximum absolute atomic E-state index is 13.4. The Labute approximate surface area is 212 Å². The van der Waals surface area contributed by atoms with Gasteiger partial charge in [0.2, 0.25) is 5.62 Å². The minimum absolute atomic E-state index is 0.0837. The predicted octanol–water partition coefficient (Wildman–Crippen LogP) is 2.92. The molecule has 4 aromatic rings. The number of H-pyrrole nitrogens is 1. The van der Waals surface area contributed by atoms with Crippen LogP contribution in [0.2, 0.25) is 0 Å². The van der Waals surface area contributed by atoms with Crippen LogP contribution < -0.4 is 21.7 Å². The number of hydrogen-bond donors (Lipinski definition) is 1. The molecule has 0 bridgehead atoms. The number of nitrogens with zero attached hydrogens (tertiary/aromatic N) is 4. The van der Waals surface area contributed by atoms with Gasteiger partial charge in [-0.05, 0) is 48.9 Å². The van der Waals surface area contributed by atoms with Crippen molar-refractivity contribution < 1.29 is 14.3 Å². The number of esters is 1. The van der Waals surface area contributed by atoms with E-state index in [4.69, 9.17) is 9.47 Å². The van der Waals surface area contributed by atoms with Gasteiger partial charge in [-0.25, -0.2) is 19.1 Å². The molecule has 0 saturated heterocycles. The number of methoxy groups -OCH3 is 1. The predicted molar refractivity (Wildman–Crippen MR) is 137 cm³/mol. The van der Waals surface area contributed by atoms with Crippen LogP contribution in [0.1, 0.15) is 18.1 Å². The fraction of sp³-hybridized carbons (Fsp3) is 0.222. The molecule has 0 radical (unpaired) electrons. The number of rotatable bonds is 8. The number of hydrogen-bond acceptors (Lipinski definition) is 7. The van der Waals surface area contributed by atoms with E-state index in [0.717, 1.165) is 15.7 Å². The zero-order valence-corrected chi connectivity index (χ0v) is 20.7. The van der Waals surface area contributed by atoms with Crippen molar-refractivity contribution in [2.45, 2.75) is 26.9 Å². The largest absolute Gasteiger partial charge is 0.469 e. The summed E-state index contributed by atoms with van der Waals surface area (Å²) in [5.74, 6) is 0.0368. The lowest BCUT2D eigenvalue weighted by Gasteiger charge is -2.14. The lowest BCUT2D eigenvalue weighted by Crippen LogP contribution is -2.51. The topological polar surface area (TPSA) is 121 Å². The number of aromatic nitrogens is 4. The Morgan fingerprint density at radius 2 is 1.62 bits per heavy atom. The second-order valence-electron chi connectivity index (χ2n) is 8.53. The lowest BCUT2D eigenvalue weighted by atomic mass is 10.1. The van der Waals surface area contributed by atoms with E-state index in [0.29, 0.717) is 17.2 Å². The van der Waals surface area contributed by atoms with E-state index in [2.05, 4.69) is 15.0 Å². The van der Waals surface area contributed by atoms with Gasteiger partial charge in [-0.1, -0.05) is 36.8 Å². The van der Waals surface area contributed by atoms with Crippen molar-refractivity contribution in [1.82, 2.24) is 19.1 Å². The zero-order chi connectivity index (χ0) is 26.4. The molecule has 190 valence electrons. The molecule has 0 unspecified atom stereocenters. The molecule has 1 N–H and O–H groups in total. The minimum atomic E-state index is -0.688. The maximum atomic E-state index is 13.4. The monoisotopic (exact) mass is 501 g/mol. The first-order valence-electron chi connectivity index (χ1n) is 11.6. The second kappa shape index (κ2) is 11.3. The van der Waals surface area contributed by atoms with E-state index in [1.165, 1.54) is 11.7 Å². The van der Waals surface area contributed by atoms with E-state index in [1.807, 2.05) is 31.2 Å². The molecule has 2 aromatic heterocycles. The minimum Gasteiger partial charge on any atom is -0.469 e. The van der Waals surface area contributed by atoms with Crippen LogP contribution in [-0.2, 0) is 22.6 Å². The lowest BCUT2D eigenvalue weighted by molar-refractivity contribution is -0.145. The summed E-state index contributed by atoms with van der Waals surface area (Å²) in [4.78, 5) is 49.4. The summed E-state index contributed by atoms with van der Waals surface area (Å²) >= 11 is 0. The van der Waals surface area contributed by atoms with Crippen LogP contribution >= 0.6 is 0 Å². The van der Waals surface area contributed by atoms with Gasteiger partial charge in [-0.15, -0.1) is 0 Å². The van der Waals surface area contributed by atoms with Crippen molar-refractivity contribution in [2.75, 3.05) is 7.11 Å². The molecule has 4 rings (SSSR count). The normalized spacial score (nSPS) is 12.2. The number of aryl methyl sites for hydroxylation is 1. The molecule has 1 atom stereocenters. The van der Waals surface area contributed by atoms with E-state index in [-0.39, 0.29) is 18.7 Å². The molecular weight excluding hydrogens is 474 g/mol. The molecule has 0 saturated carbocycles. The Kier molecular flexibility index (Phi) is 7.77. The highest BCUT2D eigenvalue weighted by Gasteiger charge is 2.18. The number of nitrogens with one attached hydrogen (secondary N) is 1. The standard InChI is InChI=1S/C27H27N5O5/c1-18-4-6-20(7-5-18)17-31-25(30-26(34)32(27(31)35)16-19(2)24(33)36-3)29-21-8-10-22(11-9-21)37-23-12-14-28-15-13-23/h4-15,19H,16-17H2,1-3H3,(H,29,30,34)/t19-/m0/s1. The molecule has 0 fully saturated rings. The number of aromatic amines is 1. The van der Waals surface area contributed by atoms with Crippen LogP contribution in [0.4, 0.5) is 5.69 Å². The van der Waals surface area contributed by atoms with Gasteiger partial charge in [0, 0.05) is 18.9 Å². The van der Waals surface area contributed by atoms with Crippen LogP contribution in [0, 0.1) is 12.8 Å². The molecule has 2 heterocycles. The Balaban J connectivity index is 1.74. The van der Waals surface area contributed by atoms with Crippen LogP contribution in [0.3, 0.4) is 0 Å². The summed E-state index contributed by atoms with van der Waals surface area (Å²) in [6.45, 7) is 3.61. The zero-order valence-electron chi connectivity index (χ0n) is 20.7. The van der Waals surface area contributed by atoms with Gasteiger partial charge in [-0.2, -0.15) is 0 Å². The van der Waals surface area contributed by atoms with Crippen molar-refractivity contribution in [2.24, 2.45) is 10.9 Å². The third-order valence-corrected chi connectivity index (χ3v) is 5.66. The molecule has 0 aliphatic rings. The second-order valence-corrected chi connectivity index (χ2v) is 8.53. The SMILES string of the molecule is COC(=O)[C@@H](C)Cn1c(=O)[nH]/c(=N\c2ccc(Oc3ccncc3)cc2)n(Cc2ccc(C)cc2)c1=O. The fourth-order valence-corrected chi connectivity index (χ4v) is 3.62. The highest BCUT2D eigenvalue weighted by atomic mass is 16.5. The summed E-state index contributed by atoms with van der Waals surface area (Å²) in [5, 5.41) is 0.